The van der Waals surface area contributed by atoms with Crippen LogP contribution in [0.3, 0.4) is 0 Å². The van der Waals surface area contributed by atoms with Crippen LogP contribution in [0.15, 0.2) is 0 Å². The molecule has 0 bridgehead atoms. The van der Waals surface area contributed by atoms with E-state index in [1.165, 1.54) is 51.4 Å². The van der Waals surface area contributed by atoms with Gasteiger partial charge in [0, 0.05) is 6.61 Å². The molecule has 1 aliphatic rings. The zero-order chi connectivity index (χ0) is 17.8. The Morgan fingerprint density at radius 1 is 0.875 bits per heavy atom. The molecule has 0 aliphatic carbocycles. The van der Waals surface area contributed by atoms with Crippen LogP contribution in [0.5, 0.6) is 0 Å². The minimum atomic E-state index is -1.25. The molecule has 0 spiro atoms. The second-order valence-corrected chi connectivity index (χ2v) is 6.75. The van der Waals surface area contributed by atoms with Crippen molar-refractivity contribution >= 4 is 0 Å². The highest BCUT2D eigenvalue weighted by atomic mass is 16.7. The molecule has 24 heavy (non-hydrogen) atoms. The first-order valence-electron chi connectivity index (χ1n) is 9.54. The summed E-state index contributed by atoms with van der Waals surface area (Å²) in [5.74, 6) is 0. The summed E-state index contributed by atoms with van der Waals surface area (Å²) in [6.45, 7) is 2.15. The number of hydrogen-bond acceptors (Lipinski definition) is 6. The summed E-state index contributed by atoms with van der Waals surface area (Å²) < 4.78 is 10.8. The van der Waals surface area contributed by atoms with E-state index in [1.54, 1.807) is 0 Å². The van der Waals surface area contributed by atoms with E-state index in [0.717, 1.165) is 12.8 Å². The molecule has 0 saturated carbocycles. The highest BCUT2D eigenvalue weighted by Crippen LogP contribution is 2.24. The van der Waals surface area contributed by atoms with Crippen molar-refractivity contribution in [2.45, 2.75) is 102 Å². The van der Waals surface area contributed by atoms with Crippen LogP contribution in [0.2, 0.25) is 0 Å². The number of hydrogen-bond donors (Lipinski definition) is 4. The monoisotopic (exact) mass is 348 g/mol. The molecule has 0 radical (unpaired) electrons. The fourth-order valence-electron chi connectivity index (χ4n) is 3.02. The third-order valence-electron chi connectivity index (χ3n) is 4.60. The molecular weight excluding hydrogens is 312 g/mol. The van der Waals surface area contributed by atoms with E-state index in [2.05, 4.69) is 6.92 Å². The molecule has 1 aliphatic heterocycles. The lowest BCUT2D eigenvalue weighted by molar-refractivity contribution is -0.181. The Bertz CT molecular complexity index is 301. The van der Waals surface area contributed by atoms with Crippen LogP contribution in [0.4, 0.5) is 0 Å². The summed E-state index contributed by atoms with van der Waals surface area (Å²) in [4.78, 5) is 0. The van der Waals surface area contributed by atoms with Gasteiger partial charge in [0.25, 0.3) is 0 Å². The molecule has 6 heteroatoms. The molecule has 5 atom stereocenters. The Kier molecular flexibility index (Phi) is 11.8. The van der Waals surface area contributed by atoms with Gasteiger partial charge in [-0.2, -0.15) is 0 Å². The molecule has 0 aromatic heterocycles. The number of aliphatic hydroxyl groups is 4. The van der Waals surface area contributed by atoms with Gasteiger partial charge in [-0.3, -0.25) is 0 Å². The molecule has 4 N–H and O–H groups in total. The van der Waals surface area contributed by atoms with Crippen LogP contribution in [0, 0.1) is 0 Å². The lowest BCUT2D eigenvalue weighted by Crippen LogP contribution is -2.40. The Balaban J connectivity index is 1.99. The lowest BCUT2D eigenvalue weighted by atomic mass is 10.1. The quantitative estimate of drug-likeness (QED) is 0.357. The first-order chi connectivity index (χ1) is 11.6. The average molecular weight is 348 g/mol. The highest BCUT2D eigenvalue weighted by molar-refractivity contribution is 4.90. The first kappa shape index (κ1) is 21.8. The third kappa shape index (κ3) is 7.76. The van der Waals surface area contributed by atoms with Crippen molar-refractivity contribution in [3.05, 3.63) is 0 Å². The van der Waals surface area contributed by atoms with Gasteiger partial charge < -0.3 is 29.9 Å². The van der Waals surface area contributed by atoms with Crippen molar-refractivity contribution in [1.29, 1.82) is 0 Å². The van der Waals surface area contributed by atoms with Crippen LogP contribution in [0.1, 0.15) is 71.1 Å². The van der Waals surface area contributed by atoms with Crippen molar-refractivity contribution < 1.29 is 29.9 Å². The minimum Gasteiger partial charge on any atom is -0.394 e. The largest absolute Gasteiger partial charge is 0.394 e. The average Bonchev–Trinajstić information content (AvgIpc) is 2.87. The molecule has 1 rings (SSSR count). The van der Waals surface area contributed by atoms with Gasteiger partial charge in [0.05, 0.1) is 6.61 Å². The molecule has 6 nitrogen and oxygen atoms in total. The van der Waals surface area contributed by atoms with Crippen molar-refractivity contribution in [3.8, 4) is 0 Å². The van der Waals surface area contributed by atoms with Crippen LogP contribution < -0.4 is 0 Å². The summed E-state index contributed by atoms with van der Waals surface area (Å²) in [5, 5.41) is 38.0. The van der Waals surface area contributed by atoms with Crippen LogP contribution in [0.25, 0.3) is 0 Å². The zero-order valence-corrected chi connectivity index (χ0v) is 15.0. The Hall–Kier alpha value is -0.240. The van der Waals surface area contributed by atoms with Crippen LogP contribution in [-0.2, 0) is 9.47 Å². The van der Waals surface area contributed by atoms with E-state index in [0.29, 0.717) is 6.61 Å². The van der Waals surface area contributed by atoms with E-state index in [4.69, 9.17) is 14.6 Å². The lowest BCUT2D eigenvalue weighted by Gasteiger charge is -2.18. The summed E-state index contributed by atoms with van der Waals surface area (Å²) in [6.07, 6.45) is 6.72. The van der Waals surface area contributed by atoms with Gasteiger partial charge in [-0.25, -0.2) is 0 Å². The van der Waals surface area contributed by atoms with Gasteiger partial charge in [-0.05, 0) is 6.42 Å². The second-order valence-electron chi connectivity index (χ2n) is 6.75. The number of unbranched alkanes of at least 4 members (excludes halogenated alkanes) is 9. The maximum atomic E-state index is 9.84. The predicted octanol–water partition coefficient (Wildman–Crippen LogP) is 1.72. The third-order valence-corrected chi connectivity index (χ3v) is 4.60. The standard InChI is InChI=1S/C18H36O6/c1-2-3-4-5-6-7-8-9-10-11-12-23-18-16(22)15(21)17(24-18)14(20)13-19/h14-22H,2-13H2,1H3/t14-,15+,16+,17-,18-/m0/s1. The fourth-order valence-corrected chi connectivity index (χ4v) is 3.02. The van der Waals surface area contributed by atoms with E-state index in [9.17, 15) is 15.3 Å². The summed E-state index contributed by atoms with van der Waals surface area (Å²) >= 11 is 0. The van der Waals surface area contributed by atoms with Gasteiger partial charge in [0.2, 0.25) is 0 Å². The molecule has 1 saturated heterocycles. The van der Waals surface area contributed by atoms with Crippen molar-refractivity contribution in [2.24, 2.45) is 0 Å². The van der Waals surface area contributed by atoms with Gasteiger partial charge in [-0.15, -0.1) is 0 Å². The molecule has 1 fully saturated rings. The van der Waals surface area contributed by atoms with Crippen LogP contribution >= 0.6 is 0 Å². The maximum Gasteiger partial charge on any atom is 0.186 e. The molecule has 0 aromatic rings. The van der Waals surface area contributed by atoms with E-state index in [1.807, 2.05) is 0 Å². The normalized spacial score (nSPS) is 28.4. The first-order valence-corrected chi connectivity index (χ1v) is 9.54. The summed E-state index contributed by atoms with van der Waals surface area (Å²) in [5.41, 5.74) is 0. The Morgan fingerprint density at radius 3 is 1.96 bits per heavy atom. The number of rotatable bonds is 14. The van der Waals surface area contributed by atoms with Gasteiger partial charge in [-0.1, -0.05) is 64.7 Å². The molecular formula is C18H36O6. The second kappa shape index (κ2) is 13.0. The summed E-state index contributed by atoms with van der Waals surface area (Å²) in [6, 6.07) is 0. The van der Waals surface area contributed by atoms with Gasteiger partial charge in [0.15, 0.2) is 6.29 Å². The molecule has 0 amide bonds. The molecule has 1 heterocycles. The maximum absolute atomic E-state index is 9.84. The van der Waals surface area contributed by atoms with Gasteiger partial charge >= 0.3 is 0 Å². The zero-order valence-electron chi connectivity index (χ0n) is 15.0. The highest BCUT2D eigenvalue weighted by Gasteiger charge is 2.46. The molecule has 0 unspecified atom stereocenters. The number of ether oxygens (including phenoxy) is 2. The minimum absolute atomic E-state index is 0.451. The van der Waals surface area contributed by atoms with E-state index >= 15 is 0 Å². The van der Waals surface area contributed by atoms with Crippen molar-refractivity contribution in [2.75, 3.05) is 13.2 Å². The van der Waals surface area contributed by atoms with Gasteiger partial charge in [0.1, 0.15) is 24.4 Å². The fraction of sp³-hybridized carbons (Fsp3) is 1.00. The molecule has 144 valence electrons. The van der Waals surface area contributed by atoms with Crippen molar-refractivity contribution in [3.63, 3.8) is 0 Å². The molecule has 0 aromatic carbocycles. The number of aliphatic hydroxyl groups excluding tert-OH is 4. The van der Waals surface area contributed by atoms with E-state index < -0.39 is 37.3 Å². The Morgan fingerprint density at radius 2 is 1.42 bits per heavy atom. The Labute approximate surface area is 145 Å². The van der Waals surface area contributed by atoms with E-state index in [-0.39, 0.29) is 0 Å². The predicted molar refractivity (Wildman–Crippen MR) is 91.6 cm³/mol. The summed E-state index contributed by atoms with van der Waals surface area (Å²) in [7, 11) is 0. The SMILES string of the molecule is CCCCCCCCCCCCO[C@H]1O[C@@H]([C@@H](O)CO)[C@H](O)[C@H]1O. The van der Waals surface area contributed by atoms with Crippen molar-refractivity contribution in [1.82, 2.24) is 0 Å². The van der Waals surface area contributed by atoms with Crippen LogP contribution in [-0.4, -0.2) is 64.3 Å². The smallest absolute Gasteiger partial charge is 0.186 e. The topological polar surface area (TPSA) is 99.4 Å².